The monoisotopic (exact) mass is 138 g/mol. The molecule has 0 aromatic rings. The van der Waals surface area contributed by atoms with Gasteiger partial charge in [-0.25, -0.2) is 4.57 Å². The predicted molar refractivity (Wildman–Crippen MR) is 28.1 cm³/mol. The van der Waals surface area contributed by atoms with Crippen molar-refractivity contribution in [1.29, 1.82) is 0 Å². The van der Waals surface area contributed by atoms with Crippen molar-refractivity contribution >= 4 is 37.4 Å². The van der Waals surface area contributed by atoms with Gasteiger partial charge in [-0.15, -0.1) is 0 Å². The van der Waals surface area contributed by atoms with E-state index in [2.05, 4.69) is 0 Å². The van der Waals surface area contributed by atoms with E-state index < -0.39 is 7.82 Å². The van der Waals surface area contributed by atoms with E-state index in [1.165, 1.54) is 0 Å². The van der Waals surface area contributed by atoms with Gasteiger partial charge in [0.2, 0.25) is 0 Å². The Morgan fingerprint density at radius 2 is 1.14 bits per heavy atom. The third-order valence-electron chi connectivity index (χ3n) is 0. The van der Waals surface area contributed by atoms with E-state index in [0.29, 0.717) is 0 Å². The molecule has 0 bridgehead atoms. The van der Waals surface area contributed by atoms with Crippen LogP contribution in [0.2, 0.25) is 0 Å². The summed E-state index contributed by atoms with van der Waals surface area (Å²) in [6, 6.07) is 0. The Morgan fingerprint density at radius 1 is 1.14 bits per heavy atom. The van der Waals surface area contributed by atoms with Crippen molar-refractivity contribution in [3.8, 4) is 0 Å². The third kappa shape index (κ3) is 151. The van der Waals surface area contributed by atoms with E-state index in [1.54, 1.807) is 0 Å². The summed E-state index contributed by atoms with van der Waals surface area (Å²) in [6.07, 6.45) is 0. The molecule has 6 heteroatoms. The average Bonchev–Trinajstić information content (AvgIpc) is 0.722. The first kappa shape index (κ1) is 15.7. The van der Waals surface area contributed by atoms with Crippen LogP contribution >= 0.6 is 7.82 Å². The van der Waals surface area contributed by atoms with Crippen molar-refractivity contribution in [2.75, 3.05) is 0 Å². The molecule has 0 aliphatic heterocycles. The van der Waals surface area contributed by atoms with Crippen molar-refractivity contribution in [3.63, 3.8) is 0 Å². The second kappa shape index (κ2) is 5.25. The molecule has 0 fully saturated rings. The van der Waals surface area contributed by atoms with E-state index in [4.69, 9.17) is 19.2 Å². The first-order valence-electron chi connectivity index (χ1n) is 0.783. The number of hydrogen-bond acceptors (Lipinski definition) is 1. The summed E-state index contributed by atoms with van der Waals surface area (Å²) in [5, 5.41) is 0. The summed E-state index contributed by atoms with van der Waals surface area (Å²) in [6.45, 7) is 0. The molecule has 4 nitrogen and oxygen atoms in total. The van der Waals surface area contributed by atoms with Crippen LogP contribution in [-0.2, 0) is 4.57 Å². The summed E-state index contributed by atoms with van der Waals surface area (Å²) in [7, 11) is -4.64. The molecule has 0 saturated heterocycles. The predicted octanol–water partition coefficient (Wildman–Crippen LogP) is -0.941. The zero-order valence-electron chi connectivity index (χ0n) is 2.20. The van der Waals surface area contributed by atoms with E-state index in [0.717, 1.165) is 0 Å². The minimum absolute atomic E-state index is 0. The van der Waals surface area contributed by atoms with Crippen molar-refractivity contribution in [2.24, 2.45) is 0 Å². The van der Waals surface area contributed by atoms with Crippen LogP contribution in [-0.4, -0.2) is 44.2 Å². The first-order chi connectivity index (χ1) is 2.00. The standard InChI is InChI=1S/CH4.Na.H3O4P.H/c;;1-5(2,3)4;/h1H4;;(H3,1,2,3,4);. The second-order valence-electron chi connectivity index (χ2n) is 0.513. The number of rotatable bonds is 0. The first-order valence-corrected chi connectivity index (χ1v) is 2.35. The fraction of sp³-hybridized carbons (Fsp3) is 1.00. The van der Waals surface area contributed by atoms with Crippen LogP contribution in [0.1, 0.15) is 7.43 Å². The quantitative estimate of drug-likeness (QED) is 0.298. The minimum atomic E-state index is -4.64. The molecule has 0 aromatic heterocycles. The fourth-order valence-corrected chi connectivity index (χ4v) is 0. The summed E-state index contributed by atoms with van der Waals surface area (Å²) in [5.74, 6) is 0. The SMILES string of the molecule is C.O=P(O)(O)O.[NaH]. The Balaban J connectivity index is -0.0000000800. The zero-order chi connectivity index (χ0) is 4.50. The van der Waals surface area contributed by atoms with Crippen molar-refractivity contribution in [1.82, 2.24) is 0 Å². The van der Waals surface area contributed by atoms with Gasteiger partial charge >= 0.3 is 37.4 Å². The Kier molecular flexibility index (Phi) is 11.8. The fourth-order valence-electron chi connectivity index (χ4n) is 0. The molecule has 0 spiro atoms. The van der Waals surface area contributed by atoms with E-state index in [-0.39, 0.29) is 37.0 Å². The molecule has 0 aliphatic rings. The molecule has 0 unspecified atom stereocenters. The number of phosphoric acid groups is 1. The van der Waals surface area contributed by atoms with Gasteiger partial charge in [0.05, 0.1) is 0 Å². The van der Waals surface area contributed by atoms with Gasteiger partial charge in [-0.2, -0.15) is 0 Å². The van der Waals surface area contributed by atoms with Gasteiger partial charge in [0.25, 0.3) is 0 Å². The van der Waals surface area contributed by atoms with Crippen LogP contribution in [0.15, 0.2) is 0 Å². The molecule has 7 heavy (non-hydrogen) atoms. The molecular weight excluding hydrogens is 130 g/mol. The van der Waals surface area contributed by atoms with Gasteiger partial charge < -0.3 is 14.7 Å². The van der Waals surface area contributed by atoms with Gasteiger partial charge in [-0.05, 0) is 0 Å². The molecule has 42 valence electrons. The average molecular weight is 138 g/mol. The molecule has 0 radical (unpaired) electrons. The van der Waals surface area contributed by atoms with Gasteiger partial charge in [0, 0.05) is 0 Å². The second-order valence-corrected chi connectivity index (χ2v) is 1.54. The maximum absolute atomic E-state index is 8.88. The summed E-state index contributed by atoms with van der Waals surface area (Å²) in [4.78, 5) is 21.6. The summed E-state index contributed by atoms with van der Waals surface area (Å²) in [5.41, 5.74) is 0. The number of hydrogen-bond donors (Lipinski definition) is 3. The Hall–Kier alpha value is 1.11. The van der Waals surface area contributed by atoms with E-state index >= 15 is 0 Å². The van der Waals surface area contributed by atoms with Gasteiger partial charge in [0.1, 0.15) is 0 Å². The topological polar surface area (TPSA) is 77.8 Å². The van der Waals surface area contributed by atoms with Crippen molar-refractivity contribution in [3.05, 3.63) is 0 Å². The molecule has 0 aromatic carbocycles. The van der Waals surface area contributed by atoms with Crippen molar-refractivity contribution in [2.45, 2.75) is 7.43 Å². The van der Waals surface area contributed by atoms with Gasteiger partial charge in [-0.1, -0.05) is 7.43 Å². The third-order valence-corrected chi connectivity index (χ3v) is 0. The Morgan fingerprint density at radius 3 is 1.14 bits per heavy atom. The molecule has 0 aliphatic carbocycles. The van der Waals surface area contributed by atoms with E-state index in [1.807, 2.05) is 0 Å². The molecule has 0 rings (SSSR count). The maximum atomic E-state index is 8.88. The zero-order valence-corrected chi connectivity index (χ0v) is 3.09. The van der Waals surface area contributed by atoms with Crippen LogP contribution in [0.5, 0.6) is 0 Å². The van der Waals surface area contributed by atoms with Crippen molar-refractivity contribution < 1.29 is 19.2 Å². The van der Waals surface area contributed by atoms with Crippen LogP contribution in [0.3, 0.4) is 0 Å². The van der Waals surface area contributed by atoms with Gasteiger partial charge in [-0.3, -0.25) is 0 Å². The van der Waals surface area contributed by atoms with Gasteiger partial charge in [0.15, 0.2) is 0 Å². The summed E-state index contributed by atoms with van der Waals surface area (Å²) >= 11 is 0. The Bertz CT molecular complexity index is 57.8. The van der Waals surface area contributed by atoms with Crippen LogP contribution in [0.25, 0.3) is 0 Å². The van der Waals surface area contributed by atoms with E-state index in [9.17, 15) is 0 Å². The molecule has 0 atom stereocenters. The summed E-state index contributed by atoms with van der Waals surface area (Å²) < 4.78 is 8.88. The van der Waals surface area contributed by atoms with Crippen LogP contribution in [0, 0.1) is 0 Å². The molecule has 0 amide bonds. The van der Waals surface area contributed by atoms with Crippen LogP contribution in [0.4, 0.5) is 0 Å². The molecule has 0 saturated carbocycles. The normalized spacial score (nSPS) is 8.43. The molecule has 0 heterocycles. The molecular formula is CH8NaO4P. The van der Waals surface area contributed by atoms with Crippen LogP contribution < -0.4 is 0 Å². The molecule has 3 N–H and O–H groups in total. The Labute approximate surface area is 64.1 Å².